The maximum absolute atomic E-state index is 12.8. The Morgan fingerprint density at radius 1 is 0.355 bits per heavy atom. The molecule has 6 nitrogen and oxygen atoms in total. The van der Waals surface area contributed by atoms with Gasteiger partial charge in [-0.3, -0.25) is 14.4 Å². The van der Waals surface area contributed by atoms with E-state index in [1.165, 1.54) is 70.6 Å². The Hall–Kier alpha value is -3.67. The number of hydrogen-bond donors (Lipinski definition) is 0. The highest BCUT2D eigenvalue weighted by atomic mass is 16.6. The summed E-state index contributed by atoms with van der Waals surface area (Å²) < 4.78 is 16.6. The lowest BCUT2D eigenvalue weighted by atomic mass is 10.1. The summed E-state index contributed by atoms with van der Waals surface area (Å²) in [5.74, 6) is -1.07. The van der Waals surface area contributed by atoms with Crippen LogP contribution in [0.3, 0.4) is 0 Å². The van der Waals surface area contributed by atoms with Gasteiger partial charge >= 0.3 is 17.9 Å². The molecule has 6 heteroatoms. The molecule has 1 atom stereocenters. The molecule has 0 aliphatic carbocycles. The Bertz CT molecular complexity index is 1260. The zero-order chi connectivity index (χ0) is 45.1. The van der Waals surface area contributed by atoms with Crippen molar-refractivity contribution in [3.63, 3.8) is 0 Å². The van der Waals surface area contributed by atoms with Crippen LogP contribution in [0.2, 0.25) is 0 Å². The fourth-order valence-electron chi connectivity index (χ4n) is 6.61. The summed E-state index contributed by atoms with van der Waals surface area (Å²) in [6.07, 6.45) is 65.7. The first-order chi connectivity index (χ1) is 30.5. The van der Waals surface area contributed by atoms with Crippen LogP contribution in [-0.4, -0.2) is 37.2 Å². The minimum atomic E-state index is -0.823. The lowest BCUT2D eigenvalue weighted by Crippen LogP contribution is -2.30. The molecule has 0 aliphatic rings. The summed E-state index contributed by atoms with van der Waals surface area (Å²) in [6, 6.07) is 0. The number of carbonyl (C=O) groups is 3. The highest BCUT2D eigenvalue weighted by Crippen LogP contribution is 2.13. The Kier molecular flexibility index (Phi) is 47.0. The van der Waals surface area contributed by atoms with Crippen LogP contribution < -0.4 is 0 Å². The first-order valence-corrected chi connectivity index (χ1v) is 25.2. The molecule has 0 spiro atoms. The summed E-state index contributed by atoms with van der Waals surface area (Å²) in [6.45, 7) is 6.28. The van der Waals surface area contributed by atoms with E-state index in [9.17, 15) is 14.4 Å². The van der Waals surface area contributed by atoms with Crippen molar-refractivity contribution in [1.82, 2.24) is 0 Å². The fourth-order valence-corrected chi connectivity index (χ4v) is 6.61. The van der Waals surface area contributed by atoms with E-state index < -0.39 is 12.1 Å². The fraction of sp³-hybridized carbons (Fsp3) is 0.661. The van der Waals surface area contributed by atoms with Gasteiger partial charge in [-0.2, -0.15) is 0 Å². The molecule has 0 aromatic carbocycles. The van der Waals surface area contributed by atoms with Gasteiger partial charge in [-0.05, 0) is 96.3 Å². The van der Waals surface area contributed by atoms with E-state index >= 15 is 0 Å². The third-order valence-corrected chi connectivity index (χ3v) is 10.3. The first kappa shape index (κ1) is 58.3. The van der Waals surface area contributed by atoms with E-state index in [4.69, 9.17) is 14.2 Å². The van der Waals surface area contributed by atoms with Crippen LogP contribution >= 0.6 is 0 Å². The Balaban J connectivity index is 4.41. The second-order valence-corrected chi connectivity index (χ2v) is 16.3. The lowest BCUT2D eigenvalue weighted by Gasteiger charge is -2.18. The van der Waals surface area contributed by atoms with Crippen molar-refractivity contribution in [2.24, 2.45) is 0 Å². The van der Waals surface area contributed by atoms with Crippen LogP contribution in [0.25, 0.3) is 0 Å². The average Bonchev–Trinajstić information content (AvgIpc) is 3.27. The summed E-state index contributed by atoms with van der Waals surface area (Å²) >= 11 is 0. The van der Waals surface area contributed by atoms with Crippen molar-refractivity contribution in [3.05, 3.63) is 97.2 Å². The molecule has 0 radical (unpaired) electrons. The van der Waals surface area contributed by atoms with Crippen molar-refractivity contribution in [3.8, 4) is 0 Å². The number of rotatable bonds is 44. The van der Waals surface area contributed by atoms with Crippen LogP contribution in [0.15, 0.2) is 97.2 Å². The molecule has 0 aromatic rings. The molecule has 0 saturated carbocycles. The first-order valence-electron chi connectivity index (χ1n) is 25.2. The van der Waals surface area contributed by atoms with Gasteiger partial charge in [0.1, 0.15) is 13.2 Å². The van der Waals surface area contributed by atoms with Crippen LogP contribution in [0.5, 0.6) is 0 Å². The second-order valence-electron chi connectivity index (χ2n) is 16.3. The molecule has 0 amide bonds. The van der Waals surface area contributed by atoms with Gasteiger partial charge in [0, 0.05) is 12.8 Å². The third-order valence-electron chi connectivity index (χ3n) is 10.3. The van der Waals surface area contributed by atoms with Crippen LogP contribution in [0.4, 0.5) is 0 Å². The Labute approximate surface area is 381 Å². The Morgan fingerprint density at radius 3 is 1.15 bits per heavy atom. The maximum atomic E-state index is 12.8. The van der Waals surface area contributed by atoms with Crippen LogP contribution in [0, 0.1) is 0 Å². The minimum absolute atomic E-state index is 0.116. The van der Waals surface area contributed by atoms with Gasteiger partial charge in [-0.25, -0.2) is 0 Å². The van der Waals surface area contributed by atoms with Gasteiger partial charge in [-0.1, -0.05) is 201 Å². The topological polar surface area (TPSA) is 78.9 Å². The number of ether oxygens (including phenoxy) is 3. The highest BCUT2D eigenvalue weighted by Gasteiger charge is 2.19. The second kappa shape index (κ2) is 50.0. The molecule has 0 heterocycles. The SMILES string of the molecule is CC/C=C\C/C=C\C/C=C\C/C=C\CCCCCCCCC(=O)OCC(COC(=O)C/C=C\C/C=C\C/C=C\CC)OC(=O)CCCCCCC/C=C\CCCCCCCCC. The predicted octanol–water partition coefficient (Wildman–Crippen LogP) is 16.6. The molecule has 0 N–H and O–H groups in total. The normalized spacial score (nSPS) is 12.9. The van der Waals surface area contributed by atoms with Crippen molar-refractivity contribution in [2.45, 2.75) is 226 Å². The molecule has 0 rings (SSSR count). The largest absolute Gasteiger partial charge is 0.462 e. The maximum Gasteiger partial charge on any atom is 0.309 e. The molecule has 0 bridgehead atoms. The van der Waals surface area contributed by atoms with E-state index in [2.05, 4.69) is 106 Å². The molecule has 0 saturated heterocycles. The molecular weight excluding hydrogens is 769 g/mol. The van der Waals surface area contributed by atoms with Crippen molar-refractivity contribution >= 4 is 17.9 Å². The van der Waals surface area contributed by atoms with Crippen LogP contribution in [-0.2, 0) is 28.6 Å². The molecule has 0 fully saturated rings. The highest BCUT2D eigenvalue weighted by molar-refractivity contribution is 5.72. The van der Waals surface area contributed by atoms with E-state index in [-0.39, 0.29) is 31.6 Å². The van der Waals surface area contributed by atoms with Crippen molar-refractivity contribution < 1.29 is 28.6 Å². The summed E-state index contributed by atoms with van der Waals surface area (Å²) in [4.78, 5) is 37.8. The quantitative estimate of drug-likeness (QED) is 0.0263. The van der Waals surface area contributed by atoms with Crippen LogP contribution in [0.1, 0.15) is 220 Å². The number of unbranched alkanes of at least 4 members (excludes halogenated alkanes) is 18. The van der Waals surface area contributed by atoms with E-state index in [0.29, 0.717) is 12.8 Å². The summed E-state index contributed by atoms with van der Waals surface area (Å²) in [7, 11) is 0. The molecule has 0 aromatic heterocycles. The molecule has 352 valence electrons. The van der Waals surface area contributed by atoms with Gasteiger partial charge < -0.3 is 14.2 Å². The smallest absolute Gasteiger partial charge is 0.309 e. The third kappa shape index (κ3) is 47.4. The minimum Gasteiger partial charge on any atom is -0.462 e. The van der Waals surface area contributed by atoms with Gasteiger partial charge in [0.25, 0.3) is 0 Å². The van der Waals surface area contributed by atoms with E-state index in [1.807, 2.05) is 6.08 Å². The number of carbonyl (C=O) groups excluding carboxylic acids is 3. The zero-order valence-electron chi connectivity index (χ0n) is 40.1. The molecule has 62 heavy (non-hydrogen) atoms. The number of allylic oxidation sites excluding steroid dienone is 15. The van der Waals surface area contributed by atoms with E-state index in [1.54, 1.807) is 6.08 Å². The molecular formula is C56H92O6. The molecule has 1 unspecified atom stereocenters. The monoisotopic (exact) mass is 861 g/mol. The van der Waals surface area contributed by atoms with Gasteiger partial charge in [0.05, 0.1) is 6.42 Å². The van der Waals surface area contributed by atoms with Gasteiger partial charge in [-0.15, -0.1) is 0 Å². The van der Waals surface area contributed by atoms with Gasteiger partial charge in [0.15, 0.2) is 6.10 Å². The molecule has 0 aliphatic heterocycles. The zero-order valence-corrected chi connectivity index (χ0v) is 40.1. The lowest BCUT2D eigenvalue weighted by molar-refractivity contribution is -0.166. The predicted molar refractivity (Wildman–Crippen MR) is 265 cm³/mol. The van der Waals surface area contributed by atoms with Crippen molar-refractivity contribution in [2.75, 3.05) is 13.2 Å². The summed E-state index contributed by atoms with van der Waals surface area (Å²) in [5, 5.41) is 0. The Morgan fingerprint density at radius 2 is 0.694 bits per heavy atom. The number of esters is 3. The summed E-state index contributed by atoms with van der Waals surface area (Å²) in [5.41, 5.74) is 0. The van der Waals surface area contributed by atoms with Crippen molar-refractivity contribution in [1.29, 1.82) is 0 Å². The van der Waals surface area contributed by atoms with E-state index in [0.717, 1.165) is 109 Å². The number of hydrogen-bond acceptors (Lipinski definition) is 6. The average molecular weight is 861 g/mol. The van der Waals surface area contributed by atoms with Gasteiger partial charge in [0.2, 0.25) is 0 Å². The standard InChI is InChI=1S/C56H92O6/c1-4-7-10-13-16-19-21-23-25-27-28-29-31-32-34-37-40-43-46-49-55(58)61-52-53(51-60-54(57)48-45-42-39-36-18-15-12-9-6-3)62-56(59)50-47-44-41-38-35-33-30-26-24-22-20-17-14-11-8-5-2/h7,9-10,12,16,18-19,23,25-26,28-30,36,42,45,53H,4-6,8,11,13-15,17,20-22,24,27,31-35,37-41,43-44,46-52H2,1-3H3/b10-7-,12-9-,19-16-,25-23-,29-28-,30-26-,36-18-,45-42-.